The number of esters is 1. The summed E-state index contributed by atoms with van der Waals surface area (Å²) < 4.78 is 36.9. The number of hydrogen-bond donors (Lipinski definition) is 1. The van der Waals surface area contributed by atoms with Gasteiger partial charge in [-0.1, -0.05) is 25.4 Å². The number of rotatable bonds is 8. The third kappa shape index (κ3) is 6.16. The summed E-state index contributed by atoms with van der Waals surface area (Å²) in [4.78, 5) is 24.0. The summed E-state index contributed by atoms with van der Waals surface area (Å²) in [6.45, 7) is 5.19. The minimum absolute atomic E-state index is 0.0474. The molecule has 1 aromatic rings. The van der Waals surface area contributed by atoms with E-state index in [-0.39, 0.29) is 28.6 Å². The van der Waals surface area contributed by atoms with E-state index < -0.39 is 28.5 Å². The maximum Gasteiger partial charge on any atom is 0.340 e. The van der Waals surface area contributed by atoms with Crippen LogP contribution in [0, 0.1) is 5.92 Å². The first-order chi connectivity index (χ1) is 13.2. The predicted molar refractivity (Wildman–Crippen MR) is 104 cm³/mol. The van der Waals surface area contributed by atoms with Crippen molar-refractivity contribution in [2.24, 2.45) is 5.92 Å². The number of sulfonamides is 1. The van der Waals surface area contributed by atoms with Crippen LogP contribution >= 0.6 is 11.6 Å². The van der Waals surface area contributed by atoms with E-state index in [9.17, 15) is 18.0 Å². The highest BCUT2D eigenvalue weighted by molar-refractivity contribution is 7.89. The van der Waals surface area contributed by atoms with Gasteiger partial charge in [0.15, 0.2) is 6.61 Å². The van der Waals surface area contributed by atoms with Crippen molar-refractivity contribution in [2.45, 2.75) is 25.2 Å². The molecule has 0 atom stereocenters. The Morgan fingerprint density at radius 2 is 1.96 bits per heavy atom. The normalized spacial score (nSPS) is 15.4. The number of benzene rings is 1. The zero-order valence-electron chi connectivity index (χ0n) is 15.9. The number of carbonyl (C=O) groups excluding carboxylic acids is 2. The molecule has 1 aliphatic heterocycles. The van der Waals surface area contributed by atoms with Gasteiger partial charge in [0.1, 0.15) is 0 Å². The van der Waals surface area contributed by atoms with Gasteiger partial charge in [0, 0.05) is 19.6 Å². The minimum Gasteiger partial charge on any atom is -0.452 e. The van der Waals surface area contributed by atoms with Crippen molar-refractivity contribution in [1.82, 2.24) is 9.62 Å². The second-order valence-electron chi connectivity index (χ2n) is 6.77. The van der Waals surface area contributed by atoms with Gasteiger partial charge in [0.2, 0.25) is 10.0 Å². The molecule has 0 radical (unpaired) electrons. The van der Waals surface area contributed by atoms with Crippen LogP contribution in [0.15, 0.2) is 23.1 Å². The molecule has 0 spiro atoms. The molecule has 0 aliphatic carbocycles. The van der Waals surface area contributed by atoms with Crippen LogP contribution in [-0.2, 0) is 24.3 Å². The number of nitrogens with one attached hydrogen (secondary N) is 1. The standard InChI is InChI=1S/C18H25ClN2O6S/c1-13(2)5-6-20-17(22)12-27-18(23)15-11-14(3-4-16(15)19)28(24,25)21-7-9-26-10-8-21/h3-4,11,13H,5-10,12H2,1-2H3,(H,20,22). The molecule has 1 fully saturated rings. The van der Waals surface area contributed by atoms with E-state index in [0.29, 0.717) is 25.7 Å². The lowest BCUT2D eigenvalue weighted by molar-refractivity contribution is -0.124. The zero-order chi connectivity index (χ0) is 20.7. The molecular weight excluding hydrogens is 408 g/mol. The Labute approximate surface area is 170 Å². The van der Waals surface area contributed by atoms with Gasteiger partial charge in [-0.05, 0) is 30.5 Å². The highest BCUT2D eigenvalue weighted by Gasteiger charge is 2.28. The largest absolute Gasteiger partial charge is 0.452 e. The third-order valence-corrected chi connectivity index (χ3v) is 6.37. The Hall–Kier alpha value is -1.68. The van der Waals surface area contributed by atoms with E-state index in [1.54, 1.807) is 0 Å². The van der Waals surface area contributed by atoms with E-state index >= 15 is 0 Å². The Bertz CT molecular complexity index is 806. The Morgan fingerprint density at radius 1 is 1.29 bits per heavy atom. The molecule has 1 saturated heterocycles. The third-order valence-electron chi connectivity index (χ3n) is 4.14. The van der Waals surface area contributed by atoms with E-state index in [1.165, 1.54) is 22.5 Å². The van der Waals surface area contributed by atoms with Crippen LogP contribution in [0.1, 0.15) is 30.6 Å². The predicted octanol–water partition coefficient (Wildman–Crippen LogP) is 1.68. The molecule has 10 heteroatoms. The molecular formula is C18H25ClN2O6S. The molecule has 0 bridgehead atoms. The Kier molecular flexibility index (Phi) is 8.23. The number of nitrogens with zero attached hydrogens (tertiary/aromatic N) is 1. The average molecular weight is 433 g/mol. The van der Waals surface area contributed by atoms with Crippen molar-refractivity contribution in [2.75, 3.05) is 39.5 Å². The molecule has 2 rings (SSSR count). The van der Waals surface area contributed by atoms with Crippen molar-refractivity contribution in [3.8, 4) is 0 Å². The smallest absolute Gasteiger partial charge is 0.340 e. The Morgan fingerprint density at radius 3 is 2.61 bits per heavy atom. The first-order valence-electron chi connectivity index (χ1n) is 9.03. The minimum atomic E-state index is -3.78. The topological polar surface area (TPSA) is 102 Å². The molecule has 0 unspecified atom stereocenters. The van der Waals surface area contributed by atoms with Crippen molar-refractivity contribution >= 4 is 33.5 Å². The average Bonchev–Trinajstić information content (AvgIpc) is 2.66. The Balaban J connectivity index is 2.04. The molecule has 1 aromatic carbocycles. The van der Waals surface area contributed by atoms with E-state index in [0.717, 1.165) is 6.42 Å². The molecule has 0 aromatic heterocycles. The van der Waals surface area contributed by atoms with Gasteiger partial charge >= 0.3 is 5.97 Å². The number of hydrogen-bond acceptors (Lipinski definition) is 6. The second-order valence-corrected chi connectivity index (χ2v) is 9.11. The summed E-state index contributed by atoms with van der Waals surface area (Å²) in [6.07, 6.45) is 0.812. The number of carbonyl (C=O) groups is 2. The quantitative estimate of drug-likeness (QED) is 0.627. The lowest BCUT2D eigenvalue weighted by Gasteiger charge is -2.26. The van der Waals surface area contributed by atoms with E-state index in [4.69, 9.17) is 21.1 Å². The van der Waals surface area contributed by atoms with Crippen LogP contribution in [0.4, 0.5) is 0 Å². The fourth-order valence-electron chi connectivity index (χ4n) is 2.52. The summed E-state index contributed by atoms with van der Waals surface area (Å²) >= 11 is 6.03. The van der Waals surface area contributed by atoms with Gasteiger partial charge in [-0.3, -0.25) is 4.79 Å². The first kappa shape index (κ1) is 22.6. The van der Waals surface area contributed by atoms with Crippen molar-refractivity contribution < 1.29 is 27.5 Å². The fraction of sp³-hybridized carbons (Fsp3) is 0.556. The summed E-state index contributed by atoms with van der Waals surface area (Å²) in [5.41, 5.74) is -0.106. The van der Waals surface area contributed by atoms with Gasteiger partial charge in [0.25, 0.3) is 5.91 Å². The molecule has 0 saturated carbocycles. The monoisotopic (exact) mass is 432 g/mol. The number of amides is 1. The second kappa shape index (κ2) is 10.2. The summed E-state index contributed by atoms with van der Waals surface area (Å²) in [5.74, 6) is -0.844. The molecule has 1 aliphatic rings. The van der Waals surface area contributed by atoms with Crippen LogP contribution in [0.25, 0.3) is 0 Å². The number of halogens is 1. The van der Waals surface area contributed by atoms with E-state index in [1.807, 2.05) is 13.8 Å². The van der Waals surface area contributed by atoms with Gasteiger partial charge in [-0.15, -0.1) is 0 Å². The van der Waals surface area contributed by atoms with Crippen LogP contribution < -0.4 is 5.32 Å². The van der Waals surface area contributed by atoms with Crippen molar-refractivity contribution in [3.05, 3.63) is 28.8 Å². The lowest BCUT2D eigenvalue weighted by atomic mass is 10.1. The van der Waals surface area contributed by atoms with Crippen LogP contribution in [0.5, 0.6) is 0 Å². The molecule has 1 heterocycles. The fourth-order valence-corrected chi connectivity index (χ4v) is 4.15. The van der Waals surface area contributed by atoms with Crippen molar-refractivity contribution in [3.63, 3.8) is 0 Å². The molecule has 1 N–H and O–H groups in total. The number of ether oxygens (including phenoxy) is 2. The maximum absolute atomic E-state index is 12.7. The molecule has 8 nitrogen and oxygen atoms in total. The summed E-state index contributed by atoms with van der Waals surface area (Å²) in [7, 11) is -3.78. The lowest BCUT2D eigenvalue weighted by Crippen LogP contribution is -2.40. The van der Waals surface area contributed by atoms with Gasteiger partial charge in [0.05, 0.1) is 28.7 Å². The summed E-state index contributed by atoms with van der Waals surface area (Å²) in [5, 5.41) is 2.70. The molecule has 156 valence electrons. The molecule has 28 heavy (non-hydrogen) atoms. The van der Waals surface area contributed by atoms with Gasteiger partial charge in [-0.25, -0.2) is 13.2 Å². The van der Waals surface area contributed by atoms with E-state index in [2.05, 4.69) is 5.32 Å². The SMILES string of the molecule is CC(C)CCNC(=O)COC(=O)c1cc(S(=O)(=O)N2CCOCC2)ccc1Cl. The zero-order valence-corrected chi connectivity index (χ0v) is 17.5. The highest BCUT2D eigenvalue weighted by Crippen LogP contribution is 2.24. The van der Waals surface area contributed by atoms with Gasteiger partial charge < -0.3 is 14.8 Å². The van der Waals surface area contributed by atoms with Crippen LogP contribution in [0.3, 0.4) is 0 Å². The molecule has 1 amide bonds. The van der Waals surface area contributed by atoms with Crippen LogP contribution in [-0.4, -0.2) is 64.1 Å². The summed E-state index contributed by atoms with van der Waals surface area (Å²) in [6, 6.07) is 3.84. The number of morpholine rings is 1. The highest BCUT2D eigenvalue weighted by atomic mass is 35.5. The van der Waals surface area contributed by atoms with Crippen LogP contribution in [0.2, 0.25) is 5.02 Å². The van der Waals surface area contributed by atoms with Crippen molar-refractivity contribution in [1.29, 1.82) is 0 Å². The first-order valence-corrected chi connectivity index (χ1v) is 10.8. The maximum atomic E-state index is 12.7. The van der Waals surface area contributed by atoms with Gasteiger partial charge in [-0.2, -0.15) is 4.31 Å².